The summed E-state index contributed by atoms with van der Waals surface area (Å²) in [4.78, 5) is 15.6. The Kier molecular flexibility index (Phi) is 2.13. The molecule has 2 aromatic rings. The van der Waals surface area contributed by atoms with Gasteiger partial charge >= 0.3 is 0 Å². The van der Waals surface area contributed by atoms with Crippen molar-refractivity contribution in [2.45, 2.75) is 0 Å². The molecular formula is C10H10N4O. The van der Waals surface area contributed by atoms with E-state index in [0.29, 0.717) is 16.9 Å². The number of carbonyl (C=O) groups is 1. The van der Waals surface area contributed by atoms with Crippen LogP contribution in [0.2, 0.25) is 0 Å². The molecule has 0 radical (unpaired) electrons. The molecule has 0 aliphatic rings. The van der Waals surface area contributed by atoms with Gasteiger partial charge in [-0.2, -0.15) is 0 Å². The summed E-state index contributed by atoms with van der Waals surface area (Å²) in [5.41, 5.74) is 12.6. The number of nitrogens with two attached hydrogens (primary N) is 2. The van der Waals surface area contributed by atoms with Crippen LogP contribution in [-0.4, -0.2) is 15.5 Å². The Morgan fingerprint density at radius 2 is 1.87 bits per heavy atom. The zero-order valence-corrected chi connectivity index (χ0v) is 7.92. The number of hydrogen-bond donors (Lipinski definition) is 2. The SMILES string of the molecule is Nc1cc(N)cc(C(=O)n2ccnc2)c1. The Morgan fingerprint density at radius 1 is 1.20 bits per heavy atom. The first-order chi connectivity index (χ1) is 7.16. The van der Waals surface area contributed by atoms with E-state index in [9.17, 15) is 4.79 Å². The first-order valence-electron chi connectivity index (χ1n) is 4.35. The molecule has 0 fully saturated rings. The highest BCUT2D eigenvalue weighted by molar-refractivity contribution is 5.97. The number of imidazole rings is 1. The van der Waals surface area contributed by atoms with Gasteiger partial charge in [0.25, 0.3) is 5.91 Å². The summed E-state index contributed by atoms with van der Waals surface area (Å²) in [7, 11) is 0. The van der Waals surface area contributed by atoms with Crippen LogP contribution in [-0.2, 0) is 0 Å². The lowest BCUT2D eigenvalue weighted by atomic mass is 10.1. The number of nitrogens with zero attached hydrogens (tertiary/aromatic N) is 2. The van der Waals surface area contributed by atoms with Crippen LogP contribution in [0.3, 0.4) is 0 Å². The lowest BCUT2D eigenvalue weighted by Gasteiger charge is -2.03. The highest BCUT2D eigenvalue weighted by atomic mass is 16.2. The minimum absolute atomic E-state index is 0.202. The van der Waals surface area contributed by atoms with Crippen molar-refractivity contribution in [1.29, 1.82) is 0 Å². The third kappa shape index (κ3) is 1.80. The van der Waals surface area contributed by atoms with Gasteiger partial charge < -0.3 is 11.5 Å². The second kappa shape index (κ2) is 3.45. The third-order valence-corrected chi connectivity index (χ3v) is 1.96. The molecule has 0 atom stereocenters. The van der Waals surface area contributed by atoms with Crippen LogP contribution in [0, 0.1) is 0 Å². The van der Waals surface area contributed by atoms with Crippen LogP contribution in [0.4, 0.5) is 11.4 Å². The van der Waals surface area contributed by atoms with Crippen LogP contribution in [0.5, 0.6) is 0 Å². The van der Waals surface area contributed by atoms with E-state index in [1.807, 2.05) is 0 Å². The van der Waals surface area contributed by atoms with E-state index in [1.165, 1.54) is 17.1 Å². The molecule has 0 unspecified atom stereocenters. The van der Waals surface area contributed by atoms with E-state index in [2.05, 4.69) is 4.98 Å². The predicted octanol–water partition coefficient (Wildman–Crippen LogP) is 0.736. The second-order valence-electron chi connectivity index (χ2n) is 3.16. The summed E-state index contributed by atoms with van der Waals surface area (Å²) in [5, 5.41) is 0. The first kappa shape index (κ1) is 9.26. The van der Waals surface area contributed by atoms with Gasteiger partial charge in [-0.25, -0.2) is 4.98 Å². The Morgan fingerprint density at radius 3 is 2.40 bits per heavy atom. The molecule has 0 saturated carbocycles. The van der Waals surface area contributed by atoms with Crippen molar-refractivity contribution in [3.8, 4) is 0 Å². The molecule has 1 aromatic heterocycles. The molecule has 15 heavy (non-hydrogen) atoms. The smallest absolute Gasteiger partial charge is 0.263 e. The monoisotopic (exact) mass is 202 g/mol. The van der Waals surface area contributed by atoms with Crippen LogP contribution >= 0.6 is 0 Å². The number of aromatic nitrogens is 2. The van der Waals surface area contributed by atoms with Gasteiger partial charge in [0.2, 0.25) is 0 Å². The molecule has 4 N–H and O–H groups in total. The zero-order valence-electron chi connectivity index (χ0n) is 7.92. The maximum atomic E-state index is 11.8. The highest BCUT2D eigenvalue weighted by Crippen LogP contribution is 2.14. The molecule has 1 heterocycles. The summed E-state index contributed by atoms with van der Waals surface area (Å²) >= 11 is 0. The quantitative estimate of drug-likeness (QED) is 0.667. The molecule has 0 spiro atoms. The highest BCUT2D eigenvalue weighted by Gasteiger charge is 2.08. The third-order valence-electron chi connectivity index (χ3n) is 1.96. The average molecular weight is 202 g/mol. The number of nitrogen functional groups attached to an aromatic ring is 2. The number of rotatable bonds is 1. The predicted molar refractivity (Wildman–Crippen MR) is 57.2 cm³/mol. The fourth-order valence-corrected chi connectivity index (χ4v) is 1.33. The summed E-state index contributed by atoms with van der Waals surface area (Å²) in [5.74, 6) is -0.202. The van der Waals surface area contributed by atoms with Crippen molar-refractivity contribution >= 4 is 17.3 Å². The van der Waals surface area contributed by atoms with Crippen molar-refractivity contribution < 1.29 is 4.79 Å². The van der Waals surface area contributed by atoms with Gasteiger partial charge in [0, 0.05) is 29.3 Å². The number of benzene rings is 1. The van der Waals surface area contributed by atoms with E-state index >= 15 is 0 Å². The Hall–Kier alpha value is -2.30. The molecular weight excluding hydrogens is 192 g/mol. The molecule has 2 rings (SSSR count). The maximum absolute atomic E-state index is 11.8. The van der Waals surface area contributed by atoms with Gasteiger partial charge in [-0.3, -0.25) is 9.36 Å². The van der Waals surface area contributed by atoms with E-state index in [1.54, 1.807) is 24.4 Å². The van der Waals surface area contributed by atoms with Gasteiger partial charge in [0.15, 0.2) is 0 Å². The molecule has 0 saturated heterocycles. The molecule has 0 aliphatic carbocycles. The van der Waals surface area contributed by atoms with Crippen LogP contribution < -0.4 is 11.5 Å². The summed E-state index contributed by atoms with van der Waals surface area (Å²) in [6, 6.07) is 4.77. The summed E-state index contributed by atoms with van der Waals surface area (Å²) < 4.78 is 1.37. The summed E-state index contributed by atoms with van der Waals surface area (Å²) in [6.07, 6.45) is 4.54. The van der Waals surface area contributed by atoms with Crippen LogP contribution in [0.25, 0.3) is 0 Å². The van der Waals surface area contributed by atoms with Crippen molar-refractivity contribution in [2.75, 3.05) is 11.5 Å². The zero-order chi connectivity index (χ0) is 10.8. The lowest BCUT2D eigenvalue weighted by molar-refractivity contribution is 0.0960. The van der Waals surface area contributed by atoms with E-state index in [-0.39, 0.29) is 5.91 Å². The van der Waals surface area contributed by atoms with Crippen molar-refractivity contribution in [2.24, 2.45) is 0 Å². The maximum Gasteiger partial charge on any atom is 0.263 e. The molecule has 5 heteroatoms. The summed E-state index contributed by atoms with van der Waals surface area (Å²) in [6.45, 7) is 0. The van der Waals surface area contributed by atoms with Gasteiger partial charge in [0.1, 0.15) is 6.33 Å². The molecule has 0 bridgehead atoms. The molecule has 76 valence electrons. The first-order valence-corrected chi connectivity index (χ1v) is 4.35. The minimum atomic E-state index is -0.202. The Balaban J connectivity index is 2.42. The van der Waals surface area contributed by atoms with Crippen molar-refractivity contribution in [3.05, 3.63) is 42.5 Å². The Bertz CT molecular complexity index is 470. The standard InChI is InChI=1S/C10H10N4O/c11-8-3-7(4-9(12)5-8)10(15)14-2-1-13-6-14/h1-6H,11-12H2. The number of hydrogen-bond acceptors (Lipinski definition) is 4. The molecule has 0 aliphatic heterocycles. The van der Waals surface area contributed by atoms with Gasteiger partial charge in [-0.05, 0) is 18.2 Å². The number of anilines is 2. The van der Waals surface area contributed by atoms with E-state index in [4.69, 9.17) is 11.5 Å². The lowest BCUT2D eigenvalue weighted by Crippen LogP contribution is -2.10. The average Bonchev–Trinajstić information content (AvgIpc) is 2.67. The Labute approximate surface area is 86.3 Å². The topological polar surface area (TPSA) is 86.9 Å². The number of carbonyl (C=O) groups excluding carboxylic acids is 1. The largest absolute Gasteiger partial charge is 0.399 e. The normalized spacial score (nSPS) is 10.1. The van der Waals surface area contributed by atoms with Crippen molar-refractivity contribution in [3.63, 3.8) is 0 Å². The van der Waals surface area contributed by atoms with Crippen molar-refractivity contribution in [1.82, 2.24) is 9.55 Å². The van der Waals surface area contributed by atoms with E-state index < -0.39 is 0 Å². The van der Waals surface area contributed by atoms with E-state index in [0.717, 1.165) is 0 Å². The van der Waals surface area contributed by atoms with Crippen LogP contribution in [0.1, 0.15) is 10.4 Å². The molecule has 0 amide bonds. The molecule has 1 aromatic carbocycles. The fraction of sp³-hybridized carbons (Fsp3) is 0. The molecule has 5 nitrogen and oxygen atoms in total. The minimum Gasteiger partial charge on any atom is -0.399 e. The fourth-order valence-electron chi connectivity index (χ4n) is 1.33. The van der Waals surface area contributed by atoms with Gasteiger partial charge in [-0.1, -0.05) is 0 Å². The van der Waals surface area contributed by atoms with Crippen LogP contribution in [0.15, 0.2) is 36.9 Å². The second-order valence-corrected chi connectivity index (χ2v) is 3.16. The van der Waals surface area contributed by atoms with Gasteiger partial charge in [0.05, 0.1) is 0 Å². The van der Waals surface area contributed by atoms with Gasteiger partial charge in [-0.15, -0.1) is 0 Å².